The van der Waals surface area contributed by atoms with Crippen molar-refractivity contribution in [1.29, 1.82) is 0 Å². The Morgan fingerprint density at radius 3 is 2.81 bits per heavy atom. The van der Waals surface area contributed by atoms with E-state index in [1.165, 1.54) is 12.5 Å². The third kappa shape index (κ3) is 3.40. The number of hydrogen-bond donors (Lipinski definition) is 2. The maximum atomic E-state index is 12.0. The van der Waals surface area contributed by atoms with Gasteiger partial charge in [0.1, 0.15) is 29.1 Å². The SMILES string of the molecule is Cc1cc(C(C)(O)CNC(=O)c2ncncc2Cl)c(C)o1. The second kappa shape index (κ2) is 5.83. The molecule has 2 rings (SSSR count). The molecule has 6 nitrogen and oxygen atoms in total. The first-order valence-corrected chi connectivity index (χ1v) is 6.72. The highest BCUT2D eigenvalue weighted by Crippen LogP contribution is 2.26. The number of rotatable bonds is 4. The van der Waals surface area contributed by atoms with Gasteiger partial charge in [-0.25, -0.2) is 9.97 Å². The lowest BCUT2D eigenvalue weighted by Crippen LogP contribution is -2.39. The summed E-state index contributed by atoms with van der Waals surface area (Å²) in [5.41, 5.74) is -0.548. The van der Waals surface area contributed by atoms with Gasteiger partial charge in [0.25, 0.3) is 5.91 Å². The third-order valence-corrected chi connectivity index (χ3v) is 3.37. The fourth-order valence-electron chi connectivity index (χ4n) is 2.08. The van der Waals surface area contributed by atoms with Crippen molar-refractivity contribution < 1.29 is 14.3 Å². The normalized spacial score (nSPS) is 13.8. The number of nitrogens with one attached hydrogen (secondary N) is 1. The van der Waals surface area contributed by atoms with Crippen molar-refractivity contribution >= 4 is 17.5 Å². The van der Waals surface area contributed by atoms with E-state index in [9.17, 15) is 9.90 Å². The van der Waals surface area contributed by atoms with E-state index < -0.39 is 11.5 Å². The standard InChI is InChI=1S/C14H16ClN3O3/c1-8-4-10(9(2)21-8)14(3,20)6-17-13(19)12-11(15)5-16-7-18-12/h4-5,7,20H,6H2,1-3H3,(H,17,19). The zero-order valence-corrected chi connectivity index (χ0v) is 12.7. The van der Waals surface area contributed by atoms with Gasteiger partial charge >= 0.3 is 0 Å². The van der Waals surface area contributed by atoms with Gasteiger partial charge in [-0.1, -0.05) is 11.6 Å². The Kier molecular flexibility index (Phi) is 4.29. The molecule has 0 aliphatic heterocycles. The molecule has 112 valence electrons. The number of hydrogen-bond acceptors (Lipinski definition) is 5. The number of halogens is 1. The van der Waals surface area contributed by atoms with E-state index in [4.69, 9.17) is 16.0 Å². The lowest BCUT2D eigenvalue weighted by atomic mass is 9.96. The van der Waals surface area contributed by atoms with Crippen LogP contribution in [0.2, 0.25) is 5.02 Å². The number of nitrogens with zero attached hydrogens (tertiary/aromatic N) is 2. The summed E-state index contributed by atoms with van der Waals surface area (Å²) < 4.78 is 5.40. The van der Waals surface area contributed by atoms with E-state index in [0.29, 0.717) is 17.1 Å². The minimum Gasteiger partial charge on any atom is -0.466 e. The van der Waals surface area contributed by atoms with Crippen molar-refractivity contribution in [2.75, 3.05) is 6.54 Å². The average Bonchev–Trinajstić information content (AvgIpc) is 2.76. The maximum absolute atomic E-state index is 12.0. The highest BCUT2D eigenvalue weighted by Gasteiger charge is 2.28. The first kappa shape index (κ1) is 15.5. The molecule has 0 aliphatic carbocycles. The lowest BCUT2D eigenvalue weighted by Gasteiger charge is -2.23. The monoisotopic (exact) mass is 309 g/mol. The molecule has 0 saturated heterocycles. The molecule has 2 heterocycles. The summed E-state index contributed by atoms with van der Waals surface area (Å²) in [6.07, 6.45) is 2.58. The molecule has 0 radical (unpaired) electrons. The Hall–Kier alpha value is -1.92. The number of aromatic nitrogens is 2. The van der Waals surface area contributed by atoms with Crippen molar-refractivity contribution in [1.82, 2.24) is 15.3 Å². The van der Waals surface area contributed by atoms with Crippen molar-refractivity contribution in [3.05, 3.63) is 46.4 Å². The molecule has 0 fully saturated rings. The van der Waals surface area contributed by atoms with Crippen LogP contribution in [0.1, 0.15) is 34.5 Å². The largest absolute Gasteiger partial charge is 0.466 e. The fourth-order valence-corrected chi connectivity index (χ4v) is 2.27. The van der Waals surface area contributed by atoms with E-state index in [1.54, 1.807) is 26.8 Å². The Bertz CT molecular complexity index is 667. The van der Waals surface area contributed by atoms with Crippen LogP contribution < -0.4 is 5.32 Å². The average molecular weight is 310 g/mol. The first-order chi connectivity index (χ1) is 9.81. The van der Waals surface area contributed by atoms with Crippen LogP contribution in [-0.4, -0.2) is 27.5 Å². The number of aliphatic hydroxyl groups is 1. The summed E-state index contributed by atoms with van der Waals surface area (Å²) in [5, 5.41) is 13.3. The predicted octanol–water partition coefficient (Wildman–Crippen LogP) is 1.98. The second-order valence-electron chi connectivity index (χ2n) is 5.00. The Labute approximate surface area is 127 Å². The van der Waals surface area contributed by atoms with Crippen LogP contribution in [0.15, 0.2) is 23.0 Å². The molecule has 1 unspecified atom stereocenters. The number of carbonyl (C=O) groups is 1. The zero-order valence-electron chi connectivity index (χ0n) is 12.0. The molecule has 0 aromatic carbocycles. The number of furan rings is 1. The molecule has 0 saturated carbocycles. The van der Waals surface area contributed by atoms with Gasteiger partial charge < -0.3 is 14.8 Å². The van der Waals surface area contributed by atoms with Crippen molar-refractivity contribution in [3.63, 3.8) is 0 Å². The van der Waals surface area contributed by atoms with Gasteiger partial charge in [-0.05, 0) is 26.8 Å². The van der Waals surface area contributed by atoms with Crippen LogP contribution in [0.25, 0.3) is 0 Å². The molecule has 0 bridgehead atoms. The summed E-state index contributed by atoms with van der Waals surface area (Å²) in [5.74, 6) is 0.848. The summed E-state index contributed by atoms with van der Waals surface area (Å²) in [7, 11) is 0. The Balaban J connectivity index is 2.10. The first-order valence-electron chi connectivity index (χ1n) is 6.35. The summed E-state index contributed by atoms with van der Waals surface area (Å²) in [6, 6.07) is 1.75. The molecular weight excluding hydrogens is 294 g/mol. The van der Waals surface area contributed by atoms with Gasteiger partial charge in [0.05, 0.1) is 11.6 Å². The van der Waals surface area contributed by atoms with E-state index >= 15 is 0 Å². The van der Waals surface area contributed by atoms with Gasteiger partial charge in [0.15, 0.2) is 0 Å². The number of aryl methyl sites for hydroxylation is 2. The lowest BCUT2D eigenvalue weighted by molar-refractivity contribution is 0.0512. The quantitative estimate of drug-likeness (QED) is 0.901. The van der Waals surface area contributed by atoms with E-state index in [1.807, 2.05) is 0 Å². The van der Waals surface area contributed by atoms with Crippen molar-refractivity contribution in [2.24, 2.45) is 0 Å². The van der Waals surface area contributed by atoms with Gasteiger partial charge in [-0.3, -0.25) is 4.79 Å². The number of carbonyl (C=O) groups excluding carboxylic acids is 1. The van der Waals surface area contributed by atoms with E-state index in [2.05, 4.69) is 15.3 Å². The van der Waals surface area contributed by atoms with Gasteiger partial charge in [-0.2, -0.15) is 0 Å². The summed E-state index contributed by atoms with van der Waals surface area (Å²) >= 11 is 5.85. The van der Waals surface area contributed by atoms with Crippen LogP contribution >= 0.6 is 11.6 Å². The Morgan fingerprint density at radius 1 is 1.52 bits per heavy atom. The zero-order chi connectivity index (χ0) is 15.6. The number of amides is 1. The van der Waals surface area contributed by atoms with E-state index in [0.717, 1.165) is 0 Å². The van der Waals surface area contributed by atoms with Crippen LogP contribution in [-0.2, 0) is 5.60 Å². The Morgan fingerprint density at radius 2 is 2.24 bits per heavy atom. The second-order valence-corrected chi connectivity index (χ2v) is 5.41. The fraction of sp³-hybridized carbons (Fsp3) is 0.357. The minimum atomic E-state index is -1.25. The van der Waals surface area contributed by atoms with Crippen LogP contribution in [0.4, 0.5) is 0 Å². The topological polar surface area (TPSA) is 88.2 Å². The van der Waals surface area contributed by atoms with Crippen molar-refractivity contribution in [3.8, 4) is 0 Å². The predicted molar refractivity (Wildman–Crippen MR) is 77.1 cm³/mol. The van der Waals surface area contributed by atoms with Crippen LogP contribution in [0, 0.1) is 13.8 Å². The third-order valence-electron chi connectivity index (χ3n) is 3.10. The van der Waals surface area contributed by atoms with E-state index in [-0.39, 0.29) is 17.3 Å². The molecule has 1 amide bonds. The summed E-state index contributed by atoms with van der Waals surface area (Å²) in [6.45, 7) is 5.17. The molecular formula is C14H16ClN3O3. The molecule has 2 N–H and O–H groups in total. The van der Waals surface area contributed by atoms with Crippen LogP contribution in [0.5, 0.6) is 0 Å². The molecule has 0 spiro atoms. The van der Waals surface area contributed by atoms with Gasteiger partial charge in [0.2, 0.25) is 0 Å². The highest BCUT2D eigenvalue weighted by molar-refractivity contribution is 6.33. The smallest absolute Gasteiger partial charge is 0.271 e. The minimum absolute atomic E-state index is 0.00593. The molecule has 21 heavy (non-hydrogen) atoms. The molecule has 2 aromatic rings. The van der Waals surface area contributed by atoms with Crippen LogP contribution in [0.3, 0.4) is 0 Å². The van der Waals surface area contributed by atoms with Gasteiger partial charge in [0, 0.05) is 11.8 Å². The summed E-state index contributed by atoms with van der Waals surface area (Å²) in [4.78, 5) is 19.5. The molecule has 7 heteroatoms. The van der Waals surface area contributed by atoms with Gasteiger partial charge in [-0.15, -0.1) is 0 Å². The molecule has 1 atom stereocenters. The highest BCUT2D eigenvalue weighted by atomic mass is 35.5. The molecule has 2 aromatic heterocycles. The maximum Gasteiger partial charge on any atom is 0.271 e. The van der Waals surface area contributed by atoms with Crippen molar-refractivity contribution in [2.45, 2.75) is 26.4 Å². The molecule has 0 aliphatic rings.